The second kappa shape index (κ2) is 7.77. The molecule has 3 rings (SSSR count). The molecule has 0 aliphatic carbocycles. The number of rotatable bonds is 6. The molecule has 0 amide bonds. The van der Waals surface area contributed by atoms with Crippen molar-refractivity contribution in [2.45, 2.75) is 19.9 Å². The normalized spacial score (nSPS) is 12.3. The summed E-state index contributed by atoms with van der Waals surface area (Å²) in [6.07, 6.45) is 3.72. The average Bonchev–Trinajstić information content (AvgIpc) is 3.01. The Kier molecular flexibility index (Phi) is 5.25. The highest BCUT2D eigenvalue weighted by Crippen LogP contribution is 2.22. The Labute approximate surface area is 154 Å². The summed E-state index contributed by atoms with van der Waals surface area (Å²) in [5.41, 5.74) is 6.80. The van der Waals surface area contributed by atoms with Crippen molar-refractivity contribution < 1.29 is 8.78 Å². The summed E-state index contributed by atoms with van der Waals surface area (Å²) in [6.45, 7) is 3.59. The molecule has 10 heteroatoms. The van der Waals surface area contributed by atoms with Gasteiger partial charge < -0.3 is 16.4 Å². The van der Waals surface area contributed by atoms with Gasteiger partial charge in [-0.1, -0.05) is 12.1 Å². The van der Waals surface area contributed by atoms with Gasteiger partial charge in [-0.05, 0) is 26.0 Å². The highest BCUT2D eigenvalue weighted by molar-refractivity contribution is 5.56. The second-order valence-corrected chi connectivity index (χ2v) is 5.71. The predicted octanol–water partition coefficient (Wildman–Crippen LogP) is 3.40. The van der Waals surface area contributed by atoms with Gasteiger partial charge in [-0.15, -0.1) is 0 Å². The summed E-state index contributed by atoms with van der Waals surface area (Å²) in [5, 5.41) is 12.8. The molecular weight excluding hydrogens is 354 g/mol. The SMILES string of the molecule is C/C=C/c1cc(Nc2nc(N)nc(NC(C)c3ccc(F)cc3F)n2)n[nH]1. The lowest BCUT2D eigenvalue weighted by atomic mass is 10.1. The summed E-state index contributed by atoms with van der Waals surface area (Å²) in [4.78, 5) is 12.2. The van der Waals surface area contributed by atoms with Crippen molar-refractivity contribution in [3.63, 3.8) is 0 Å². The highest BCUT2D eigenvalue weighted by Gasteiger charge is 2.14. The minimum Gasteiger partial charge on any atom is -0.368 e. The van der Waals surface area contributed by atoms with Gasteiger partial charge in [0, 0.05) is 17.7 Å². The third kappa shape index (κ3) is 4.54. The number of H-pyrrole nitrogens is 1. The fraction of sp³-hybridized carbons (Fsp3) is 0.176. The van der Waals surface area contributed by atoms with Gasteiger partial charge in [0.15, 0.2) is 5.82 Å². The number of nitrogens with two attached hydrogens (primary N) is 1. The lowest BCUT2D eigenvalue weighted by Crippen LogP contribution is -2.14. The Morgan fingerprint density at radius 1 is 1.15 bits per heavy atom. The molecule has 27 heavy (non-hydrogen) atoms. The number of aromatic amines is 1. The number of hydrogen-bond acceptors (Lipinski definition) is 7. The van der Waals surface area contributed by atoms with Crippen molar-refractivity contribution in [1.82, 2.24) is 25.1 Å². The number of nitrogen functional groups attached to an aromatic ring is 1. The van der Waals surface area contributed by atoms with Gasteiger partial charge in [-0.25, -0.2) is 8.78 Å². The van der Waals surface area contributed by atoms with Crippen LogP contribution in [-0.4, -0.2) is 25.1 Å². The molecule has 0 spiro atoms. The number of anilines is 4. The third-order valence-electron chi connectivity index (χ3n) is 3.61. The number of nitrogens with zero attached hydrogens (tertiary/aromatic N) is 4. The van der Waals surface area contributed by atoms with E-state index < -0.39 is 17.7 Å². The van der Waals surface area contributed by atoms with Crippen LogP contribution in [0.15, 0.2) is 30.3 Å². The third-order valence-corrected chi connectivity index (χ3v) is 3.61. The van der Waals surface area contributed by atoms with Crippen LogP contribution in [0.3, 0.4) is 0 Å². The van der Waals surface area contributed by atoms with E-state index in [2.05, 4.69) is 35.8 Å². The van der Waals surface area contributed by atoms with Crippen LogP contribution >= 0.6 is 0 Å². The monoisotopic (exact) mass is 372 g/mol. The van der Waals surface area contributed by atoms with Crippen LogP contribution in [0.4, 0.5) is 32.4 Å². The quantitative estimate of drug-likeness (QED) is 0.524. The van der Waals surface area contributed by atoms with Gasteiger partial charge in [0.25, 0.3) is 0 Å². The molecule has 0 bridgehead atoms. The number of halogens is 2. The van der Waals surface area contributed by atoms with E-state index in [0.29, 0.717) is 5.82 Å². The fourth-order valence-electron chi connectivity index (χ4n) is 2.42. The summed E-state index contributed by atoms with van der Waals surface area (Å²) >= 11 is 0. The summed E-state index contributed by atoms with van der Waals surface area (Å²) < 4.78 is 27.0. The topological polar surface area (TPSA) is 117 Å². The van der Waals surface area contributed by atoms with Crippen molar-refractivity contribution in [2.24, 2.45) is 0 Å². The van der Waals surface area contributed by atoms with Crippen LogP contribution < -0.4 is 16.4 Å². The van der Waals surface area contributed by atoms with Crippen molar-refractivity contribution in [2.75, 3.05) is 16.4 Å². The van der Waals surface area contributed by atoms with Crippen LogP contribution in [0.25, 0.3) is 6.08 Å². The molecule has 5 N–H and O–H groups in total. The molecule has 0 saturated heterocycles. The van der Waals surface area contributed by atoms with E-state index in [1.165, 1.54) is 12.1 Å². The Bertz CT molecular complexity index is 969. The molecule has 1 atom stereocenters. The molecule has 3 aromatic rings. The zero-order valence-electron chi connectivity index (χ0n) is 14.7. The zero-order valence-corrected chi connectivity index (χ0v) is 14.7. The molecule has 0 fully saturated rings. The lowest BCUT2D eigenvalue weighted by molar-refractivity contribution is 0.566. The van der Waals surface area contributed by atoms with Crippen LogP contribution in [0, 0.1) is 11.6 Å². The van der Waals surface area contributed by atoms with Crippen LogP contribution in [0.5, 0.6) is 0 Å². The van der Waals surface area contributed by atoms with E-state index in [4.69, 9.17) is 5.73 Å². The smallest absolute Gasteiger partial charge is 0.235 e. The number of aromatic nitrogens is 5. The Morgan fingerprint density at radius 2 is 1.93 bits per heavy atom. The molecule has 1 aromatic carbocycles. The Hall–Kier alpha value is -3.56. The van der Waals surface area contributed by atoms with Crippen LogP contribution in [0.1, 0.15) is 31.1 Å². The second-order valence-electron chi connectivity index (χ2n) is 5.71. The van der Waals surface area contributed by atoms with Crippen molar-refractivity contribution in [3.8, 4) is 0 Å². The predicted molar refractivity (Wildman–Crippen MR) is 99.2 cm³/mol. The first-order valence-corrected chi connectivity index (χ1v) is 8.12. The summed E-state index contributed by atoms with van der Waals surface area (Å²) in [5.74, 6) is -0.511. The van der Waals surface area contributed by atoms with E-state index in [9.17, 15) is 8.78 Å². The standard InChI is InChI=1S/C17H18F2N8/c1-3-4-11-8-14(27-26-11)22-17-24-15(20)23-16(25-17)21-9(2)12-6-5-10(18)7-13(12)19/h3-9H,1-2H3,(H5,20,21,22,23,24,25,26,27)/b4-3+. The van der Waals surface area contributed by atoms with Crippen LogP contribution in [0.2, 0.25) is 0 Å². The van der Waals surface area contributed by atoms with Gasteiger partial charge in [-0.2, -0.15) is 20.1 Å². The highest BCUT2D eigenvalue weighted by atomic mass is 19.1. The molecule has 1 unspecified atom stereocenters. The Balaban J connectivity index is 1.78. The zero-order chi connectivity index (χ0) is 19.4. The fourth-order valence-corrected chi connectivity index (χ4v) is 2.42. The number of nitrogens with one attached hydrogen (secondary N) is 3. The first kappa shape index (κ1) is 18.2. The number of benzene rings is 1. The van der Waals surface area contributed by atoms with Gasteiger partial charge in [0.05, 0.1) is 11.7 Å². The molecule has 2 heterocycles. The molecule has 0 radical (unpaired) electrons. The molecule has 0 aliphatic rings. The maximum Gasteiger partial charge on any atom is 0.235 e. The number of allylic oxidation sites excluding steroid dienone is 1. The molecule has 0 aliphatic heterocycles. The molecule has 0 saturated carbocycles. The summed E-state index contributed by atoms with van der Waals surface area (Å²) in [7, 11) is 0. The maximum atomic E-state index is 13.9. The van der Waals surface area contributed by atoms with Gasteiger partial charge in [0.2, 0.25) is 17.8 Å². The molecule has 8 nitrogen and oxygen atoms in total. The van der Waals surface area contributed by atoms with Gasteiger partial charge in [-0.3, -0.25) is 5.10 Å². The number of hydrogen-bond donors (Lipinski definition) is 4. The van der Waals surface area contributed by atoms with E-state index in [1.54, 1.807) is 13.0 Å². The summed E-state index contributed by atoms with van der Waals surface area (Å²) in [6, 6.07) is 4.61. The van der Waals surface area contributed by atoms with Gasteiger partial charge >= 0.3 is 0 Å². The van der Waals surface area contributed by atoms with E-state index >= 15 is 0 Å². The van der Waals surface area contributed by atoms with E-state index in [-0.39, 0.29) is 23.4 Å². The first-order valence-electron chi connectivity index (χ1n) is 8.12. The molecule has 140 valence electrons. The maximum absolute atomic E-state index is 13.9. The van der Waals surface area contributed by atoms with E-state index in [0.717, 1.165) is 11.8 Å². The van der Waals surface area contributed by atoms with E-state index in [1.807, 2.05) is 19.1 Å². The molecule has 2 aromatic heterocycles. The largest absolute Gasteiger partial charge is 0.368 e. The Morgan fingerprint density at radius 3 is 2.67 bits per heavy atom. The first-order chi connectivity index (χ1) is 12.9. The van der Waals surface area contributed by atoms with Gasteiger partial charge in [0.1, 0.15) is 11.6 Å². The van der Waals surface area contributed by atoms with Crippen LogP contribution in [-0.2, 0) is 0 Å². The lowest BCUT2D eigenvalue weighted by Gasteiger charge is -2.15. The van der Waals surface area contributed by atoms with Crippen molar-refractivity contribution in [3.05, 3.63) is 53.2 Å². The molecular formula is C17H18F2N8. The average molecular weight is 372 g/mol. The minimum absolute atomic E-state index is 0.0222. The van der Waals surface area contributed by atoms with Crippen molar-refractivity contribution >= 4 is 29.7 Å². The minimum atomic E-state index is -0.664. The van der Waals surface area contributed by atoms with Crippen molar-refractivity contribution in [1.29, 1.82) is 0 Å².